The summed E-state index contributed by atoms with van der Waals surface area (Å²) in [5.41, 5.74) is 2.31. The van der Waals surface area contributed by atoms with Crippen molar-refractivity contribution < 1.29 is 14.3 Å². The van der Waals surface area contributed by atoms with E-state index < -0.39 is 12.3 Å². The highest BCUT2D eigenvalue weighted by Gasteiger charge is 2.25. The van der Waals surface area contributed by atoms with Gasteiger partial charge in [0, 0.05) is 14.2 Å². The van der Waals surface area contributed by atoms with Crippen LogP contribution in [0.2, 0.25) is 5.02 Å². The summed E-state index contributed by atoms with van der Waals surface area (Å²) in [6, 6.07) is 14.4. The first-order valence-electron chi connectivity index (χ1n) is 7.24. The number of hydrogen-bond acceptors (Lipinski definition) is 3. The molecule has 0 fully saturated rings. The summed E-state index contributed by atoms with van der Waals surface area (Å²) >= 11 is 6.18. The van der Waals surface area contributed by atoms with Crippen LogP contribution < -0.4 is 5.32 Å². The summed E-state index contributed by atoms with van der Waals surface area (Å²) in [5.74, 6) is -0.275. The van der Waals surface area contributed by atoms with Gasteiger partial charge in [-0.05, 0) is 30.2 Å². The van der Waals surface area contributed by atoms with Gasteiger partial charge in [-0.3, -0.25) is 4.79 Å². The molecule has 0 unspecified atom stereocenters. The third-order valence-corrected chi connectivity index (χ3v) is 3.86. The van der Waals surface area contributed by atoms with Crippen molar-refractivity contribution in [3.63, 3.8) is 0 Å². The van der Waals surface area contributed by atoms with Gasteiger partial charge in [-0.15, -0.1) is 0 Å². The van der Waals surface area contributed by atoms with Gasteiger partial charge in [-0.1, -0.05) is 48.0 Å². The second kappa shape index (κ2) is 8.11. The molecule has 0 aliphatic carbocycles. The largest absolute Gasteiger partial charge is 0.353 e. The van der Waals surface area contributed by atoms with E-state index in [-0.39, 0.29) is 5.91 Å². The number of rotatable bonds is 6. The maximum absolute atomic E-state index is 12.6. The number of amides is 1. The monoisotopic (exact) mass is 333 g/mol. The number of ether oxygens (including phenoxy) is 2. The smallest absolute Gasteiger partial charge is 0.253 e. The molecular weight excluding hydrogens is 314 g/mol. The second-order valence-electron chi connectivity index (χ2n) is 5.18. The van der Waals surface area contributed by atoms with E-state index in [1.165, 1.54) is 14.2 Å². The first-order valence-corrected chi connectivity index (χ1v) is 7.62. The molecule has 5 heteroatoms. The highest BCUT2D eigenvalue weighted by molar-refractivity contribution is 6.33. The molecule has 0 bridgehead atoms. The zero-order valence-electron chi connectivity index (χ0n) is 13.4. The molecule has 0 saturated heterocycles. The summed E-state index contributed by atoms with van der Waals surface area (Å²) in [4.78, 5) is 12.6. The second-order valence-corrected chi connectivity index (χ2v) is 5.59. The molecule has 0 radical (unpaired) electrons. The van der Waals surface area contributed by atoms with Crippen LogP contribution in [-0.2, 0) is 9.47 Å². The normalized spacial score (nSPS) is 12.2. The van der Waals surface area contributed by atoms with Crippen molar-refractivity contribution in [1.29, 1.82) is 0 Å². The highest BCUT2D eigenvalue weighted by atomic mass is 35.5. The Balaban J connectivity index is 2.28. The quantitative estimate of drug-likeness (QED) is 0.819. The standard InChI is InChI=1S/C18H20ClNO3/c1-12-9-10-14(15(19)11-12)17(21)20-16(18(22-2)23-3)13-7-5-4-6-8-13/h4-11,16,18H,1-3H3,(H,20,21)/t16-/m0/s1. The average Bonchev–Trinajstić information content (AvgIpc) is 2.55. The van der Waals surface area contributed by atoms with E-state index in [0.717, 1.165) is 11.1 Å². The van der Waals surface area contributed by atoms with Crippen molar-refractivity contribution >= 4 is 17.5 Å². The van der Waals surface area contributed by atoms with Gasteiger partial charge in [-0.25, -0.2) is 0 Å². The van der Waals surface area contributed by atoms with E-state index in [1.54, 1.807) is 12.1 Å². The Morgan fingerprint density at radius 3 is 2.30 bits per heavy atom. The summed E-state index contributed by atoms with van der Waals surface area (Å²) in [6.45, 7) is 1.92. The molecule has 2 rings (SSSR count). The molecule has 23 heavy (non-hydrogen) atoms. The molecule has 1 atom stereocenters. The number of halogens is 1. The van der Waals surface area contributed by atoms with Crippen molar-refractivity contribution in [2.45, 2.75) is 19.3 Å². The summed E-state index contributed by atoms with van der Waals surface area (Å²) < 4.78 is 10.7. The minimum atomic E-state index is -0.606. The zero-order chi connectivity index (χ0) is 16.8. The minimum absolute atomic E-state index is 0.275. The van der Waals surface area contributed by atoms with E-state index in [4.69, 9.17) is 21.1 Å². The molecule has 1 amide bonds. The van der Waals surface area contributed by atoms with E-state index in [9.17, 15) is 4.79 Å². The van der Waals surface area contributed by atoms with Crippen molar-refractivity contribution in [2.75, 3.05) is 14.2 Å². The van der Waals surface area contributed by atoms with E-state index in [2.05, 4.69) is 5.32 Å². The molecule has 2 aromatic carbocycles. The van der Waals surface area contributed by atoms with Crippen LogP contribution in [0, 0.1) is 6.92 Å². The fourth-order valence-corrected chi connectivity index (χ4v) is 2.68. The highest BCUT2D eigenvalue weighted by Crippen LogP contribution is 2.22. The SMILES string of the molecule is COC(OC)[C@@H](NC(=O)c1ccc(C)cc1Cl)c1ccccc1. The number of nitrogens with one attached hydrogen (secondary N) is 1. The van der Waals surface area contributed by atoms with Crippen LogP contribution in [0.15, 0.2) is 48.5 Å². The number of methoxy groups -OCH3 is 2. The number of aryl methyl sites for hydroxylation is 1. The predicted molar refractivity (Wildman–Crippen MR) is 90.6 cm³/mol. The summed E-state index contributed by atoms with van der Waals surface area (Å²) in [5, 5.41) is 3.36. The molecule has 0 aromatic heterocycles. The Labute approximate surface area is 141 Å². The Morgan fingerprint density at radius 2 is 1.74 bits per heavy atom. The van der Waals surface area contributed by atoms with Gasteiger partial charge in [-0.2, -0.15) is 0 Å². The van der Waals surface area contributed by atoms with Gasteiger partial charge in [0.15, 0.2) is 6.29 Å². The average molecular weight is 334 g/mol. The lowest BCUT2D eigenvalue weighted by molar-refractivity contribution is -0.122. The van der Waals surface area contributed by atoms with Crippen LogP contribution in [0.4, 0.5) is 0 Å². The third kappa shape index (κ3) is 4.32. The maximum Gasteiger partial charge on any atom is 0.253 e. The molecule has 2 aromatic rings. The molecule has 0 aliphatic rings. The molecule has 0 spiro atoms. The summed E-state index contributed by atoms with van der Waals surface area (Å²) in [7, 11) is 3.07. The fraction of sp³-hybridized carbons (Fsp3) is 0.278. The van der Waals surface area contributed by atoms with Gasteiger partial charge < -0.3 is 14.8 Å². The molecular formula is C18H20ClNO3. The van der Waals surface area contributed by atoms with E-state index in [1.807, 2.05) is 43.3 Å². The first kappa shape index (κ1) is 17.5. The van der Waals surface area contributed by atoms with Gasteiger partial charge in [0.05, 0.1) is 10.6 Å². The molecule has 122 valence electrons. The van der Waals surface area contributed by atoms with Crippen molar-refractivity contribution in [2.24, 2.45) is 0 Å². The minimum Gasteiger partial charge on any atom is -0.353 e. The predicted octanol–water partition coefficient (Wildman–Crippen LogP) is 3.74. The molecule has 0 aliphatic heterocycles. The van der Waals surface area contributed by atoms with Crippen LogP contribution in [0.25, 0.3) is 0 Å². The lowest BCUT2D eigenvalue weighted by Crippen LogP contribution is -2.38. The Morgan fingerprint density at radius 1 is 1.09 bits per heavy atom. The Bertz CT molecular complexity index is 657. The number of carbonyl (C=O) groups excluding carboxylic acids is 1. The van der Waals surface area contributed by atoms with Gasteiger partial charge in [0.25, 0.3) is 5.91 Å². The fourth-order valence-electron chi connectivity index (χ4n) is 2.36. The zero-order valence-corrected chi connectivity index (χ0v) is 14.1. The molecule has 0 heterocycles. The van der Waals surface area contributed by atoms with Crippen LogP contribution in [0.3, 0.4) is 0 Å². The van der Waals surface area contributed by atoms with Gasteiger partial charge >= 0.3 is 0 Å². The number of hydrogen-bond donors (Lipinski definition) is 1. The Hall–Kier alpha value is -1.88. The van der Waals surface area contributed by atoms with Crippen LogP contribution in [0.1, 0.15) is 27.5 Å². The lowest BCUT2D eigenvalue weighted by Gasteiger charge is -2.26. The van der Waals surface area contributed by atoms with Crippen molar-refractivity contribution in [3.8, 4) is 0 Å². The van der Waals surface area contributed by atoms with Crippen LogP contribution in [-0.4, -0.2) is 26.4 Å². The molecule has 4 nitrogen and oxygen atoms in total. The van der Waals surface area contributed by atoms with Crippen molar-refractivity contribution in [3.05, 3.63) is 70.2 Å². The van der Waals surface area contributed by atoms with Gasteiger partial charge in [0.2, 0.25) is 0 Å². The number of benzene rings is 2. The maximum atomic E-state index is 12.6. The number of carbonyl (C=O) groups is 1. The van der Waals surface area contributed by atoms with E-state index >= 15 is 0 Å². The molecule has 0 saturated carbocycles. The first-order chi connectivity index (χ1) is 11.1. The lowest BCUT2D eigenvalue weighted by atomic mass is 10.1. The Kier molecular flexibility index (Phi) is 6.16. The topological polar surface area (TPSA) is 47.6 Å². The molecule has 1 N–H and O–H groups in total. The third-order valence-electron chi connectivity index (χ3n) is 3.55. The van der Waals surface area contributed by atoms with Crippen LogP contribution in [0.5, 0.6) is 0 Å². The summed E-state index contributed by atoms with van der Waals surface area (Å²) in [6.07, 6.45) is -0.606. The van der Waals surface area contributed by atoms with Crippen molar-refractivity contribution in [1.82, 2.24) is 5.32 Å². The van der Waals surface area contributed by atoms with Crippen LogP contribution >= 0.6 is 11.6 Å². The van der Waals surface area contributed by atoms with Gasteiger partial charge in [0.1, 0.15) is 6.04 Å². The van der Waals surface area contributed by atoms with E-state index in [0.29, 0.717) is 10.6 Å².